The first kappa shape index (κ1) is 18.7. The van der Waals surface area contributed by atoms with Crippen LogP contribution in [0.2, 0.25) is 0 Å². The van der Waals surface area contributed by atoms with E-state index in [2.05, 4.69) is 22.0 Å². The van der Waals surface area contributed by atoms with E-state index in [-0.39, 0.29) is 5.56 Å². The summed E-state index contributed by atoms with van der Waals surface area (Å²) in [6.07, 6.45) is 8.09. The van der Waals surface area contributed by atoms with Gasteiger partial charge in [0.25, 0.3) is 5.56 Å². The molecule has 4 rings (SSSR count). The van der Waals surface area contributed by atoms with Crippen LogP contribution in [0.1, 0.15) is 53.8 Å². The molecule has 0 aromatic carbocycles. The van der Waals surface area contributed by atoms with Gasteiger partial charge in [0.05, 0.1) is 11.9 Å². The fraction of sp³-hybridized carbons (Fsp3) is 0.545. The average molecular weight is 377 g/mol. The first-order valence-electron chi connectivity index (χ1n) is 10.3. The number of hydrogen-bond acceptors (Lipinski definition) is 5. The second-order valence-corrected chi connectivity index (χ2v) is 8.13. The van der Waals surface area contributed by atoms with Crippen LogP contribution in [0.15, 0.2) is 17.2 Å². The molecule has 6 heteroatoms. The molecule has 0 N–H and O–H groups in total. The number of piperidine rings is 1. The third-order valence-electron chi connectivity index (χ3n) is 6.29. The van der Waals surface area contributed by atoms with Gasteiger partial charge in [0.15, 0.2) is 0 Å². The predicted molar refractivity (Wildman–Crippen MR) is 109 cm³/mol. The van der Waals surface area contributed by atoms with E-state index in [4.69, 9.17) is 4.98 Å². The Bertz CT molecular complexity index is 980. The molecule has 28 heavy (non-hydrogen) atoms. The highest BCUT2D eigenvalue weighted by Gasteiger charge is 2.24. The van der Waals surface area contributed by atoms with Crippen LogP contribution in [0.3, 0.4) is 0 Å². The molecule has 6 nitrogen and oxygen atoms in total. The summed E-state index contributed by atoms with van der Waals surface area (Å²) in [5.41, 5.74) is 4.74. The molecule has 1 fully saturated rings. The number of nitrogens with zero attached hydrogens (tertiary/aromatic N) is 5. The number of aromatic nitrogens is 3. The summed E-state index contributed by atoms with van der Waals surface area (Å²) in [7, 11) is 0. The minimum Gasteiger partial charge on any atom is -0.355 e. The molecule has 0 atom stereocenters. The molecule has 3 heterocycles. The van der Waals surface area contributed by atoms with Gasteiger partial charge in [-0.3, -0.25) is 9.36 Å². The van der Waals surface area contributed by atoms with Crippen molar-refractivity contribution >= 4 is 5.82 Å². The van der Waals surface area contributed by atoms with Crippen LogP contribution >= 0.6 is 0 Å². The fourth-order valence-corrected chi connectivity index (χ4v) is 4.36. The van der Waals surface area contributed by atoms with E-state index >= 15 is 0 Å². The molecule has 2 aromatic heterocycles. The van der Waals surface area contributed by atoms with Gasteiger partial charge in [-0.25, -0.2) is 9.97 Å². The lowest BCUT2D eigenvalue weighted by Gasteiger charge is -2.34. The van der Waals surface area contributed by atoms with Gasteiger partial charge in [0.2, 0.25) is 0 Å². The Kier molecular flexibility index (Phi) is 5.17. The molecule has 0 unspecified atom stereocenters. The molecule has 0 bridgehead atoms. The van der Waals surface area contributed by atoms with E-state index in [1.54, 1.807) is 10.9 Å². The summed E-state index contributed by atoms with van der Waals surface area (Å²) in [6.45, 7) is 6.17. The third kappa shape index (κ3) is 3.54. The lowest BCUT2D eigenvalue weighted by molar-refractivity contribution is 0.349. The molecule has 0 amide bonds. The summed E-state index contributed by atoms with van der Waals surface area (Å²) >= 11 is 0. The maximum Gasteiger partial charge on any atom is 0.256 e. The van der Waals surface area contributed by atoms with E-state index in [1.165, 1.54) is 24.1 Å². The number of aryl methyl sites for hydroxylation is 3. The minimum absolute atomic E-state index is 0.0676. The van der Waals surface area contributed by atoms with Gasteiger partial charge in [0.1, 0.15) is 11.9 Å². The van der Waals surface area contributed by atoms with Gasteiger partial charge in [0, 0.05) is 36.6 Å². The summed E-state index contributed by atoms with van der Waals surface area (Å²) in [4.78, 5) is 23.9. The van der Waals surface area contributed by atoms with E-state index in [0.717, 1.165) is 55.8 Å². The van der Waals surface area contributed by atoms with Gasteiger partial charge >= 0.3 is 0 Å². The molecular weight excluding hydrogens is 350 g/mol. The second kappa shape index (κ2) is 7.75. The lowest BCUT2D eigenvalue weighted by Crippen LogP contribution is -2.37. The summed E-state index contributed by atoms with van der Waals surface area (Å²) < 4.78 is 1.75. The highest BCUT2D eigenvalue weighted by atomic mass is 16.1. The van der Waals surface area contributed by atoms with Crippen molar-refractivity contribution < 1.29 is 0 Å². The van der Waals surface area contributed by atoms with E-state index in [1.807, 2.05) is 13.8 Å². The molecule has 1 aliphatic carbocycles. The Morgan fingerprint density at radius 1 is 1.21 bits per heavy atom. The maximum absolute atomic E-state index is 12.4. The van der Waals surface area contributed by atoms with Crippen LogP contribution in [0.4, 0.5) is 5.82 Å². The largest absolute Gasteiger partial charge is 0.355 e. The van der Waals surface area contributed by atoms with Gasteiger partial charge < -0.3 is 4.90 Å². The topological polar surface area (TPSA) is 74.8 Å². The molecule has 2 aliphatic rings. The third-order valence-corrected chi connectivity index (χ3v) is 6.29. The lowest BCUT2D eigenvalue weighted by atomic mass is 9.93. The van der Waals surface area contributed by atoms with E-state index in [0.29, 0.717) is 18.0 Å². The summed E-state index contributed by atoms with van der Waals surface area (Å²) in [5.74, 6) is 1.30. The molecular formula is C22H27N5O. The first-order chi connectivity index (χ1) is 13.6. The Labute approximate surface area is 165 Å². The van der Waals surface area contributed by atoms with Crippen LogP contribution < -0.4 is 10.5 Å². The van der Waals surface area contributed by atoms with Crippen LogP contribution in [0.25, 0.3) is 0 Å². The molecule has 0 saturated carbocycles. The fourth-order valence-electron chi connectivity index (χ4n) is 4.36. The van der Waals surface area contributed by atoms with Crippen LogP contribution in [-0.4, -0.2) is 27.6 Å². The normalized spacial score (nSPS) is 17.2. The van der Waals surface area contributed by atoms with E-state index < -0.39 is 0 Å². The van der Waals surface area contributed by atoms with Crippen molar-refractivity contribution in [1.82, 2.24) is 14.5 Å². The molecule has 1 aliphatic heterocycles. The number of fused-ring (bicyclic) bond motifs is 1. The highest BCUT2D eigenvalue weighted by molar-refractivity contribution is 5.56. The monoisotopic (exact) mass is 377 g/mol. The van der Waals surface area contributed by atoms with Crippen molar-refractivity contribution in [2.45, 2.75) is 58.9 Å². The number of pyridine rings is 1. The maximum atomic E-state index is 12.4. The van der Waals surface area contributed by atoms with Crippen molar-refractivity contribution in [3.63, 3.8) is 0 Å². The zero-order valence-corrected chi connectivity index (χ0v) is 16.7. The van der Waals surface area contributed by atoms with Crippen molar-refractivity contribution in [3.8, 4) is 6.07 Å². The van der Waals surface area contributed by atoms with Crippen molar-refractivity contribution in [1.29, 1.82) is 5.26 Å². The average Bonchev–Trinajstić information content (AvgIpc) is 2.73. The zero-order chi connectivity index (χ0) is 19.7. The molecule has 1 saturated heterocycles. The quantitative estimate of drug-likeness (QED) is 0.822. The molecule has 146 valence electrons. The second-order valence-electron chi connectivity index (χ2n) is 8.13. The van der Waals surface area contributed by atoms with Gasteiger partial charge in [-0.1, -0.05) is 0 Å². The van der Waals surface area contributed by atoms with Crippen LogP contribution in [0, 0.1) is 31.1 Å². The van der Waals surface area contributed by atoms with E-state index in [9.17, 15) is 10.1 Å². The summed E-state index contributed by atoms with van der Waals surface area (Å²) in [6, 6.07) is 4.41. The predicted octanol–water partition coefficient (Wildman–Crippen LogP) is 2.92. The molecule has 0 spiro atoms. The van der Waals surface area contributed by atoms with Crippen molar-refractivity contribution in [2.75, 3.05) is 18.0 Å². The number of rotatable bonds is 3. The van der Waals surface area contributed by atoms with Crippen LogP contribution in [0.5, 0.6) is 0 Å². The smallest absolute Gasteiger partial charge is 0.256 e. The minimum atomic E-state index is 0.0676. The Morgan fingerprint density at radius 2 is 1.96 bits per heavy atom. The van der Waals surface area contributed by atoms with Crippen molar-refractivity contribution in [3.05, 3.63) is 50.8 Å². The van der Waals surface area contributed by atoms with Crippen molar-refractivity contribution in [2.24, 2.45) is 5.92 Å². The summed E-state index contributed by atoms with van der Waals surface area (Å²) in [5, 5.41) is 9.61. The number of hydrogen-bond donors (Lipinski definition) is 0. The Hall–Kier alpha value is -2.68. The first-order valence-corrected chi connectivity index (χ1v) is 10.3. The number of anilines is 1. The van der Waals surface area contributed by atoms with Gasteiger partial charge in [-0.15, -0.1) is 0 Å². The highest BCUT2D eigenvalue weighted by Crippen LogP contribution is 2.29. The molecule has 2 aromatic rings. The zero-order valence-electron chi connectivity index (χ0n) is 16.7. The number of nitriles is 1. The molecule has 0 radical (unpaired) electrons. The van der Waals surface area contributed by atoms with Gasteiger partial charge in [-0.2, -0.15) is 5.26 Å². The Morgan fingerprint density at radius 3 is 2.71 bits per heavy atom. The van der Waals surface area contributed by atoms with Gasteiger partial charge in [-0.05, 0) is 69.9 Å². The van der Waals surface area contributed by atoms with Crippen LogP contribution in [-0.2, 0) is 19.4 Å². The Balaban J connectivity index is 1.47. The standard InChI is InChI=1S/C22H27N5O/c1-15-16(2)24-14-27(22(15)28)13-17-7-9-26(10-8-17)21-19(12-23)11-18-5-3-4-6-20(18)25-21/h11,14,17H,3-10,13H2,1-2H3. The SMILES string of the molecule is Cc1ncn(CC2CCN(c3nc4c(cc3C#N)CCCC4)CC2)c(=O)c1C.